The minimum absolute atomic E-state index is 0.0472. The van der Waals surface area contributed by atoms with E-state index in [4.69, 9.17) is 9.47 Å². The molecule has 1 aliphatic heterocycles. The third-order valence-electron chi connectivity index (χ3n) is 6.00. The molecule has 3 aromatic carbocycles. The first-order valence-electron chi connectivity index (χ1n) is 11.9. The number of nitrogens with zero attached hydrogens (tertiary/aromatic N) is 1. The van der Waals surface area contributed by atoms with Crippen LogP contribution in [0, 0.1) is 0 Å². The Labute approximate surface area is 216 Å². The van der Waals surface area contributed by atoms with E-state index >= 15 is 0 Å². The lowest BCUT2D eigenvalue weighted by Crippen LogP contribution is -2.43. The normalized spacial score (nSPS) is 13.9. The number of carbonyl (C=O) groups is 2. The van der Waals surface area contributed by atoms with Crippen molar-refractivity contribution in [1.29, 1.82) is 0 Å². The molecule has 0 saturated carbocycles. The van der Waals surface area contributed by atoms with Crippen LogP contribution >= 0.6 is 11.8 Å². The van der Waals surface area contributed by atoms with Gasteiger partial charge in [-0.25, -0.2) is 0 Å². The molecule has 7 heteroatoms. The number of aryl methyl sites for hydroxylation is 1. The maximum Gasteiger partial charge on any atom is 0.265 e. The summed E-state index contributed by atoms with van der Waals surface area (Å²) in [6.45, 7) is 2.51. The Hall–Kier alpha value is -3.71. The number of hydrogen-bond donors (Lipinski definition) is 1. The molecule has 0 atom stereocenters. The van der Waals surface area contributed by atoms with Crippen LogP contribution in [0.2, 0.25) is 0 Å². The Morgan fingerprint density at radius 2 is 1.69 bits per heavy atom. The average Bonchev–Trinajstić information content (AvgIpc) is 2.91. The summed E-state index contributed by atoms with van der Waals surface area (Å²) in [4.78, 5) is 29.4. The van der Waals surface area contributed by atoms with E-state index in [2.05, 4.69) is 24.4 Å². The van der Waals surface area contributed by atoms with Crippen molar-refractivity contribution in [2.45, 2.75) is 24.7 Å². The summed E-state index contributed by atoms with van der Waals surface area (Å²) in [5.74, 6) is 0.930. The van der Waals surface area contributed by atoms with E-state index < -0.39 is 0 Å². The number of thioether (sulfide) groups is 1. The molecule has 0 bridgehead atoms. The fourth-order valence-electron chi connectivity index (χ4n) is 4.00. The van der Waals surface area contributed by atoms with Crippen LogP contribution in [0.15, 0.2) is 76.5 Å². The number of hydrogen-bond acceptors (Lipinski definition) is 5. The maximum atomic E-state index is 13.4. The Morgan fingerprint density at radius 3 is 2.42 bits per heavy atom. The first kappa shape index (κ1) is 25.4. The molecule has 36 heavy (non-hydrogen) atoms. The second kappa shape index (κ2) is 11.8. The highest BCUT2D eigenvalue weighted by molar-refractivity contribution is 8.04. The number of anilines is 1. The van der Waals surface area contributed by atoms with Crippen molar-refractivity contribution in [2.24, 2.45) is 0 Å². The molecular weight excluding hydrogens is 472 g/mol. The van der Waals surface area contributed by atoms with Crippen LogP contribution in [0.1, 0.15) is 23.6 Å². The summed E-state index contributed by atoms with van der Waals surface area (Å²) in [5, 5.41) is 2.94. The quantitative estimate of drug-likeness (QED) is 0.412. The van der Waals surface area contributed by atoms with Crippen LogP contribution in [0.3, 0.4) is 0 Å². The van der Waals surface area contributed by atoms with Gasteiger partial charge in [0.05, 0.1) is 24.8 Å². The van der Waals surface area contributed by atoms with E-state index in [0.717, 1.165) is 28.1 Å². The Balaban J connectivity index is 1.44. The molecule has 0 unspecified atom stereocenters. The smallest absolute Gasteiger partial charge is 0.265 e. The van der Waals surface area contributed by atoms with Gasteiger partial charge in [0.1, 0.15) is 6.54 Å². The Kier molecular flexibility index (Phi) is 8.33. The van der Waals surface area contributed by atoms with Crippen molar-refractivity contribution in [3.05, 3.63) is 88.3 Å². The van der Waals surface area contributed by atoms with E-state index in [1.165, 1.54) is 17.3 Å². The molecular formula is C29H30N2O4S. The van der Waals surface area contributed by atoms with Crippen molar-refractivity contribution in [3.8, 4) is 11.5 Å². The molecule has 0 spiro atoms. The standard InChI is InChI=1S/C29H30N2O4S/c1-4-20-9-11-21(12-10-20)18-27-29(33)31(23-7-5-6-8-26(23)36-27)19-28(32)30-16-15-22-13-14-24(34-2)25(17-22)35-3/h5-14,17-18H,4,15-16,19H2,1-3H3,(H,30,32). The summed E-state index contributed by atoms with van der Waals surface area (Å²) >= 11 is 1.44. The second-order valence-corrected chi connectivity index (χ2v) is 9.44. The molecule has 186 valence electrons. The number of ether oxygens (including phenoxy) is 2. The van der Waals surface area contributed by atoms with Gasteiger partial charge < -0.3 is 14.8 Å². The number of rotatable bonds is 9. The van der Waals surface area contributed by atoms with Crippen LogP contribution < -0.4 is 19.7 Å². The monoisotopic (exact) mass is 502 g/mol. The Bertz CT molecular complexity index is 1270. The second-order valence-electron chi connectivity index (χ2n) is 8.35. The molecule has 6 nitrogen and oxygen atoms in total. The zero-order valence-corrected chi connectivity index (χ0v) is 21.6. The zero-order valence-electron chi connectivity index (χ0n) is 20.7. The number of amides is 2. The summed E-state index contributed by atoms with van der Waals surface area (Å²) in [5.41, 5.74) is 3.97. The summed E-state index contributed by atoms with van der Waals surface area (Å²) in [6.07, 6.45) is 3.49. The number of benzene rings is 3. The van der Waals surface area contributed by atoms with Crippen LogP contribution in [-0.2, 0) is 22.4 Å². The van der Waals surface area contributed by atoms with E-state index in [1.807, 2.05) is 60.7 Å². The van der Waals surface area contributed by atoms with E-state index in [-0.39, 0.29) is 18.4 Å². The van der Waals surface area contributed by atoms with E-state index in [0.29, 0.717) is 29.4 Å². The van der Waals surface area contributed by atoms with Crippen molar-refractivity contribution >= 4 is 35.3 Å². The van der Waals surface area contributed by atoms with Gasteiger partial charge in [0.2, 0.25) is 5.91 Å². The van der Waals surface area contributed by atoms with Gasteiger partial charge >= 0.3 is 0 Å². The van der Waals surface area contributed by atoms with Gasteiger partial charge in [-0.3, -0.25) is 14.5 Å². The largest absolute Gasteiger partial charge is 0.493 e. The van der Waals surface area contributed by atoms with Crippen LogP contribution in [0.5, 0.6) is 11.5 Å². The minimum Gasteiger partial charge on any atom is -0.493 e. The van der Waals surface area contributed by atoms with Gasteiger partial charge in [-0.05, 0) is 59.9 Å². The highest BCUT2D eigenvalue weighted by atomic mass is 32.2. The molecule has 0 radical (unpaired) electrons. The average molecular weight is 503 g/mol. The zero-order chi connectivity index (χ0) is 25.5. The van der Waals surface area contributed by atoms with E-state index in [9.17, 15) is 9.59 Å². The first-order chi connectivity index (χ1) is 17.5. The predicted molar refractivity (Wildman–Crippen MR) is 145 cm³/mol. The summed E-state index contributed by atoms with van der Waals surface area (Å²) in [7, 11) is 3.19. The van der Waals surface area contributed by atoms with Crippen LogP contribution in [0.25, 0.3) is 6.08 Å². The van der Waals surface area contributed by atoms with Crippen molar-refractivity contribution in [1.82, 2.24) is 5.32 Å². The molecule has 1 N–H and O–H groups in total. The summed E-state index contributed by atoms with van der Waals surface area (Å²) < 4.78 is 10.6. The summed E-state index contributed by atoms with van der Waals surface area (Å²) in [6, 6.07) is 21.5. The van der Waals surface area contributed by atoms with Crippen molar-refractivity contribution in [3.63, 3.8) is 0 Å². The van der Waals surface area contributed by atoms with Crippen LogP contribution in [-0.4, -0.2) is 39.1 Å². The number of methoxy groups -OCH3 is 2. The topological polar surface area (TPSA) is 67.9 Å². The lowest BCUT2D eigenvalue weighted by molar-refractivity contribution is -0.122. The molecule has 4 rings (SSSR count). The van der Waals surface area contributed by atoms with Gasteiger partial charge in [-0.1, -0.05) is 61.2 Å². The van der Waals surface area contributed by atoms with Gasteiger partial charge in [0, 0.05) is 11.4 Å². The third-order valence-corrected chi connectivity index (χ3v) is 7.08. The molecule has 1 heterocycles. The molecule has 0 aromatic heterocycles. The van der Waals surface area contributed by atoms with Crippen molar-refractivity contribution in [2.75, 3.05) is 32.2 Å². The molecule has 0 saturated heterocycles. The molecule has 0 fully saturated rings. The van der Waals surface area contributed by atoms with Gasteiger partial charge in [-0.2, -0.15) is 0 Å². The maximum absolute atomic E-state index is 13.4. The highest BCUT2D eigenvalue weighted by Crippen LogP contribution is 2.41. The number of para-hydroxylation sites is 1. The first-order valence-corrected chi connectivity index (χ1v) is 12.7. The lowest BCUT2D eigenvalue weighted by atomic mass is 10.1. The van der Waals surface area contributed by atoms with Gasteiger partial charge in [0.15, 0.2) is 11.5 Å². The van der Waals surface area contributed by atoms with Crippen LogP contribution in [0.4, 0.5) is 5.69 Å². The number of fused-ring (bicyclic) bond motifs is 1. The Morgan fingerprint density at radius 1 is 0.972 bits per heavy atom. The molecule has 0 aliphatic carbocycles. The lowest BCUT2D eigenvalue weighted by Gasteiger charge is -2.29. The molecule has 1 aliphatic rings. The third kappa shape index (κ3) is 5.91. The molecule has 3 aromatic rings. The number of nitrogens with one attached hydrogen (secondary N) is 1. The van der Waals surface area contributed by atoms with E-state index in [1.54, 1.807) is 19.1 Å². The van der Waals surface area contributed by atoms with Crippen molar-refractivity contribution < 1.29 is 19.1 Å². The highest BCUT2D eigenvalue weighted by Gasteiger charge is 2.30. The number of carbonyl (C=O) groups excluding carboxylic acids is 2. The minimum atomic E-state index is -0.211. The molecule has 2 amide bonds. The SMILES string of the molecule is CCc1ccc(C=C2Sc3ccccc3N(CC(=O)NCCc3ccc(OC)c(OC)c3)C2=O)cc1. The fraction of sp³-hybridized carbons (Fsp3) is 0.241. The van der Waals surface area contributed by atoms with Gasteiger partial charge in [0.25, 0.3) is 5.91 Å². The fourth-order valence-corrected chi connectivity index (χ4v) is 5.06. The van der Waals surface area contributed by atoms with Gasteiger partial charge in [-0.15, -0.1) is 0 Å². The predicted octanol–water partition coefficient (Wildman–Crippen LogP) is 5.10.